The summed E-state index contributed by atoms with van der Waals surface area (Å²) in [6.45, 7) is 6.22. The van der Waals surface area contributed by atoms with Gasteiger partial charge >= 0.3 is 0 Å². The second-order valence-corrected chi connectivity index (χ2v) is 7.59. The van der Waals surface area contributed by atoms with Crippen molar-refractivity contribution in [2.24, 2.45) is 0 Å². The van der Waals surface area contributed by atoms with Gasteiger partial charge in [-0.15, -0.1) is 0 Å². The van der Waals surface area contributed by atoms with Gasteiger partial charge in [-0.25, -0.2) is 9.97 Å². The zero-order chi connectivity index (χ0) is 20.4. The molecule has 29 heavy (non-hydrogen) atoms. The second-order valence-electron chi connectivity index (χ2n) is 7.15. The second kappa shape index (κ2) is 8.18. The van der Waals surface area contributed by atoms with Crippen LogP contribution in [0.3, 0.4) is 0 Å². The van der Waals surface area contributed by atoms with Crippen LogP contribution in [0.1, 0.15) is 31.5 Å². The molecule has 1 heterocycles. The summed E-state index contributed by atoms with van der Waals surface area (Å²) < 4.78 is 0. The van der Waals surface area contributed by atoms with Gasteiger partial charge in [-0.3, -0.25) is 0 Å². The minimum Gasteiger partial charge on any atom is -0.227 e. The molecule has 0 fully saturated rings. The van der Waals surface area contributed by atoms with Crippen molar-refractivity contribution in [3.63, 3.8) is 0 Å². The van der Waals surface area contributed by atoms with Crippen LogP contribution >= 0.6 is 11.6 Å². The lowest BCUT2D eigenvalue weighted by Gasteiger charge is -2.12. The Labute approximate surface area is 176 Å². The highest BCUT2D eigenvalue weighted by Gasteiger charge is 2.14. The summed E-state index contributed by atoms with van der Waals surface area (Å²) >= 11 is 6.33. The lowest BCUT2D eigenvalue weighted by atomic mass is 10.0. The smallest absolute Gasteiger partial charge is 0.160 e. The van der Waals surface area contributed by atoms with E-state index in [1.165, 1.54) is 5.39 Å². The average Bonchev–Trinajstić information content (AvgIpc) is 2.73. The SMILES string of the molecule is C/C=C(\C=C/CC)c1nc(-c2cc(C)cc(Cl)c2)nc2c1ccc1ccccc12. The molecule has 2 nitrogen and oxygen atoms in total. The standard InChI is InChI=1S/C26H23ClN2/c1-4-6-9-18(5-2)24-23-13-12-19-10-7-8-11-22(19)25(23)29-26(28-24)20-14-17(3)15-21(27)16-20/h5-16H,4H2,1-3H3/b9-6-,18-5+. The molecule has 0 radical (unpaired) electrons. The number of hydrogen-bond acceptors (Lipinski definition) is 2. The quantitative estimate of drug-likeness (QED) is 0.259. The van der Waals surface area contributed by atoms with E-state index in [-0.39, 0.29) is 0 Å². The van der Waals surface area contributed by atoms with E-state index in [4.69, 9.17) is 21.6 Å². The average molecular weight is 399 g/mol. The summed E-state index contributed by atoms with van der Waals surface area (Å²) in [5.41, 5.74) is 5.02. The van der Waals surface area contributed by atoms with Gasteiger partial charge in [0.2, 0.25) is 0 Å². The molecule has 0 aliphatic rings. The highest BCUT2D eigenvalue weighted by Crippen LogP contribution is 2.32. The van der Waals surface area contributed by atoms with Crippen molar-refractivity contribution in [1.82, 2.24) is 9.97 Å². The van der Waals surface area contributed by atoms with E-state index in [2.05, 4.69) is 67.6 Å². The molecule has 1 aromatic heterocycles. The van der Waals surface area contributed by atoms with Crippen LogP contribution < -0.4 is 0 Å². The van der Waals surface area contributed by atoms with E-state index in [0.29, 0.717) is 10.8 Å². The molecule has 0 N–H and O–H groups in total. The largest absolute Gasteiger partial charge is 0.227 e. The van der Waals surface area contributed by atoms with Crippen LogP contribution in [0, 0.1) is 6.92 Å². The van der Waals surface area contributed by atoms with Crippen molar-refractivity contribution >= 4 is 38.8 Å². The third kappa shape index (κ3) is 3.81. The minimum absolute atomic E-state index is 0.693. The summed E-state index contributed by atoms with van der Waals surface area (Å²) in [5.74, 6) is 0.693. The van der Waals surface area contributed by atoms with Gasteiger partial charge in [0.1, 0.15) is 0 Å². The number of hydrogen-bond donors (Lipinski definition) is 0. The Morgan fingerprint density at radius 1 is 1.00 bits per heavy atom. The van der Waals surface area contributed by atoms with Gasteiger partial charge in [-0.05, 0) is 61.1 Å². The molecule has 4 rings (SSSR count). The Morgan fingerprint density at radius 2 is 1.83 bits per heavy atom. The maximum absolute atomic E-state index is 6.33. The molecule has 0 aliphatic heterocycles. The van der Waals surface area contributed by atoms with Crippen molar-refractivity contribution in [1.29, 1.82) is 0 Å². The Kier molecular flexibility index (Phi) is 5.46. The van der Waals surface area contributed by atoms with Crippen LogP contribution in [0.5, 0.6) is 0 Å². The van der Waals surface area contributed by atoms with Crippen LogP contribution in [0.2, 0.25) is 5.02 Å². The summed E-state index contributed by atoms with van der Waals surface area (Å²) in [4.78, 5) is 9.99. The van der Waals surface area contributed by atoms with E-state index < -0.39 is 0 Å². The first-order chi connectivity index (χ1) is 14.1. The fraction of sp³-hybridized carbons (Fsp3) is 0.154. The first-order valence-electron chi connectivity index (χ1n) is 9.91. The molecule has 3 heteroatoms. The Balaban J connectivity index is 2.09. The molecule has 0 aliphatic carbocycles. The van der Waals surface area contributed by atoms with Crippen molar-refractivity contribution in [2.45, 2.75) is 27.2 Å². The maximum atomic E-state index is 6.33. The van der Waals surface area contributed by atoms with Crippen molar-refractivity contribution in [2.75, 3.05) is 0 Å². The minimum atomic E-state index is 0.693. The molecule has 0 atom stereocenters. The van der Waals surface area contributed by atoms with E-state index in [0.717, 1.165) is 45.1 Å². The molecule has 0 bridgehead atoms. The third-order valence-electron chi connectivity index (χ3n) is 5.01. The van der Waals surface area contributed by atoms with E-state index in [1.807, 2.05) is 26.0 Å². The normalized spacial score (nSPS) is 12.3. The molecule has 0 spiro atoms. The molecule has 0 amide bonds. The molecule has 4 aromatic rings. The number of benzene rings is 3. The number of aryl methyl sites for hydroxylation is 1. The molecule has 3 aromatic carbocycles. The first kappa shape index (κ1) is 19.4. The van der Waals surface area contributed by atoms with E-state index >= 15 is 0 Å². The number of aromatic nitrogens is 2. The topological polar surface area (TPSA) is 25.8 Å². The Hall–Kier alpha value is -2.97. The van der Waals surface area contributed by atoms with Gasteiger partial charge in [0.15, 0.2) is 5.82 Å². The number of fused-ring (bicyclic) bond motifs is 3. The van der Waals surface area contributed by atoms with Crippen LogP contribution in [-0.4, -0.2) is 9.97 Å². The molecule has 144 valence electrons. The number of nitrogens with zero attached hydrogens (tertiary/aromatic N) is 2. The number of halogens is 1. The van der Waals surface area contributed by atoms with Gasteiger partial charge in [-0.1, -0.05) is 67.1 Å². The van der Waals surface area contributed by atoms with E-state index in [9.17, 15) is 0 Å². The van der Waals surface area contributed by atoms with Gasteiger partial charge in [-0.2, -0.15) is 0 Å². The number of rotatable bonds is 4. The highest BCUT2D eigenvalue weighted by atomic mass is 35.5. The molecular formula is C26H23ClN2. The van der Waals surface area contributed by atoms with Crippen LogP contribution in [0.25, 0.3) is 38.6 Å². The zero-order valence-corrected chi connectivity index (χ0v) is 17.7. The van der Waals surface area contributed by atoms with Crippen LogP contribution in [0.4, 0.5) is 0 Å². The predicted molar refractivity (Wildman–Crippen MR) is 125 cm³/mol. The molecule has 0 unspecified atom stereocenters. The maximum Gasteiger partial charge on any atom is 0.160 e. The van der Waals surface area contributed by atoms with Gasteiger partial charge in [0.05, 0.1) is 11.2 Å². The van der Waals surface area contributed by atoms with Gasteiger partial charge < -0.3 is 0 Å². The lowest BCUT2D eigenvalue weighted by Crippen LogP contribution is -1.98. The highest BCUT2D eigenvalue weighted by molar-refractivity contribution is 6.31. The monoisotopic (exact) mass is 398 g/mol. The summed E-state index contributed by atoms with van der Waals surface area (Å²) in [7, 11) is 0. The van der Waals surface area contributed by atoms with Gasteiger partial charge in [0.25, 0.3) is 0 Å². The fourth-order valence-electron chi connectivity index (χ4n) is 3.63. The van der Waals surface area contributed by atoms with Crippen molar-refractivity contribution < 1.29 is 0 Å². The van der Waals surface area contributed by atoms with Crippen LogP contribution in [-0.2, 0) is 0 Å². The Morgan fingerprint density at radius 3 is 2.59 bits per heavy atom. The zero-order valence-electron chi connectivity index (χ0n) is 16.9. The Bertz CT molecular complexity index is 1250. The van der Waals surface area contributed by atoms with Gasteiger partial charge in [0, 0.05) is 21.4 Å². The molecule has 0 saturated carbocycles. The van der Waals surface area contributed by atoms with Crippen molar-refractivity contribution in [3.05, 3.63) is 89.1 Å². The first-order valence-corrected chi connectivity index (χ1v) is 10.3. The summed E-state index contributed by atoms with van der Waals surface area (Å²) in [6.07, 6.45) is 7.39. The van der Waals surface area contributed by atoms with E-state index in [1.54, 1.807) is 0 Å². The summed E-state index contributed by atoms with van der Waals surface area (Å²) in [6, 6.07) is 18.6. The lowest BCUT2D eigenvalue weighted by molar-refractivity contribution is 1.20. The van der Waals surface area contributed by atoms with Crippen LogP contribution in [0.15, 0.2) is 72.8 Å². The number of allylic oxidation sites excluding steroid dienone is 4. The third-order valence-corrected chi connectivity index (χ3v) is 5.23. The fourth-order valence-corrected chi connectivity index (χ4v) is 3.92. The molecular weight excluding hydrogens is 376 g/mol. The molecule has 0 saturated heterocycles. The van der Waals surface area contributed by atoms with Crippen molar-refractivity contribution in [3.8, 4) is 11.4 Å². The predicted octanol–water partition coefficient (Wildman–Crippen LogP) is 7.78. The summed E-state index contributed by atoms with van der Waals surface area (Å²) in [5, 5.41) is 4.05.